The van der Waals surface area contributed by atoms with Crippen molar-refractivity contribution in [1.82, 2.24) is 5.32 Å². The molecule has 0 amide bonds. The molecule has 0 saturated carbocycles. The average Bonchev–Trinajstić information content (AvgIpc) is 2.37. The van der Waals surface area contributed by atoms with E-state index in [0.29, 0.717) is 0 Å². The second kappa shape index (κ2) is 9.35. The van der Waals surface area contributed by atoms with Crippen molar-refractivity contribution in [2.24, 2.45) is 0 Å². The van der Waals surface area contributed by atoms with Crippen LogP contribution in [0.2, 0.25) is 5.02 Å². The Balaban J connectivity index is 2.05. The van der Waals surface area contributed by atoms with E-state index in [1.54, 1.807) is 12.1 Å². The molecule has 0 aliphatic heterocycles. The first-order valence-electron chi connectivity index (χ1n) is 6.88. The smallest absolute Gasteiger partial charge is 0.141 e. The van der Waals surface area contributed by atoms with Crippen LogP contribution in [0, 0.1) is 5.82 Å². The summed E-state index contributed by atoms with van der Waals surface area (Å²) in [7, 11) is 0. The molecule has 102 valence electrons. The molecular weight excluding hydrogens is 249 g/mol. The van der Waals surface area contributed by atoms with E-state index in [4.69, 9.17) is 11.6 Å². The van der Waals surface area contributed by atoms with Crippen LogP contribution in [-0.4, -0.2) is 6.54 Å². The topological polar surface area (TPSA) is 12.0 Å². The van der Waals surface area contributed by atoms with Crippen LogP contribution < -0.4 is 5.32 Å². The third-order valence-corrected chi connectivity index (χ3v) is 3.31. The van der Waals surface area contributed by atoms with Gasteiger partial charge in [0.2, 0.25) is 0 Å². The number of unbranched alkanes of at least 4 members (excludes halogenated alkanes) is 5. The van der Waals surface area contributed by atoms with Gasteiger partial charge in [0.15, 0.2) is 0 Å². The lowest BCUT2D eigenvalue weighted by atomic mass is 10.1. The molecule has 0 aliphatic rings. The van der Waals surface area contributed by atoms with Crippen molar-refractivity contribution in [3.8, 4) is 0 Å². The number of halogens is 2. The fraction of sp³-hybridized carbons (Fsp3) is 0.600. The third-order valence-electron chi connectivity index (χ3n) is 3.02. The van der Waals surface area contributed by atoms with E-state index in [-0.39, 0.29) is 10.8 Å². The van der Waals surface area contributed by atoms with E-state index < -0.39 is 0 Å². The zero-order valence-corrected chi connectivity index (χ0v) is 11.9. The molecule has 0 atom stereocenters. The van der Waals surface area contributed by atoms with Gasteiger partial charge in [0.1, 0.15) is 5.82 Å². The van der Waals surface area contributed by atoms with Crippen molar-refractivity contribution in [3.63, 3.8) is 0 Å². The summed E-state index contributed by atoms with van der Waals surface area (Å²) in [5, 5.41) is 3.56. The van der Waals surface area contributed by atoms with E-state index in [2.05, 4.69) is 12.2 Å². The first-order chi connectivity index (χ1) is 8.74. The summed E-state index contributed by atoms with van der Waals surface area (Å²) in [4.78, 5) is 0. The minimum atomic E-state index is -0.351. The molecule has 1 rings (SSSR count). The Labute approximate surface area is 115 Å². The average molecular weight is 272 g/mol. The van der Waals surface area contributed by atoms with Crippen LogP contribution in [0.25, 0.3) is 0 Å². The molecule has 0 unspecified atom stereocenters. The van der Waals surface area contributed by atoms with Gasteiger partial charge in [0.05, 0.1) is 5.02 Å². The molecule has 1 aromatic carbocycles. The lowest BCUT2D eigenvalue weighted by molar-refractivity contribution is 0.571. The molecule has 1 aromatic rings. The van der Waals surface area contributed by atoms with Gasteiger partial charge in [-0.15, -0.1) is 0 Å². The van der Waals surface area contributed by atoms with E-state index in [9.17, 15) is 4.39 Å². The fourth-order valence-electron chi connectivity index (χ4n) is 1.91. The molecule has 0 heterocycles. The van der Waals surface area contributed by atoms with Gasteiger partial charge >= 0.3 is 0 Å². The lowest BCUT2D eigenvalue weighted by Crippen LogP contribution is -2.14. The highest BCUT2D eigenvalue weighted by Crippen LogP contribution is 2.15. The summed E-state index contributed by atoms with van der Waals surface area (Å²) in [6, 6.07) is 4.88. The van der Waals surface area contributed by atoms with Gasteiger partial charge in [0.25, 0.3) is 0 Å². The molecule has 3 heteroatoms. The van der Waals surface area contributed by atoms with Crippen LogP contribution in [0.4, 0.5) is 4.39 Å². The van der Waals surface area contributed by atoms with Gasteiger partial charge in [-0.2, -0.15) is 0 Å². The Morgan fingerprint density at radius 1 is 1.11 bits per heavy atom. The minimum Gasteiger partial charge on any atom is -0.313 e. The van der Waals surface area contributed by atoms with Crippen molar-refractivity contribution >= 4 is 11.6 Å². The van der Waals surface area contributed by atoms with E-state index in [1.165, 1.54) is 44.6 Å². The highest BCUT2D eigenvalue weighted by atomic mass is 35.5. The van der Waals surface area contributed by atoms with Gasteiger partial charge in [-0.05, 0) is 30.7 Å². The molecule has 0 radical (unpaired) electrons. The maximum atomic E-state index is 12.9. The number of nitrogens with one attached hydrogen (secondary N) is 1. The van der Waals surface area contributed by atoms with Crippen molar-refractivity contribution in [3.05, 3.63) is 34.6 Å². The highest BCUT2D eigenvalue weighted by Gasteiger charge is 2.00. The zero-order chi connectivity index (χ0) is 13.2. The van der Waals surface area contributed by atoms with Crippen molar-refractivity contribution < 1.29 is 4.39 Å². The predicted octanol–water partition coefficient (Wildman–Crippen LogP) is 4.93. The number of hydrogen-bond donors (Lipinski definition) is 1. The van der Waals surface area contributed by atoms with E-state index in [0.717, 1.165) is 18.7 Å². The van der Waals surface area contributed by atoms with Gasteiger partial charge in [-0.3, -0.25) is 0 Å². The number of rotatable bonds is 9. The van der Waals surface area contributed by atoms with Gasteiger partial charge in [-0.1, -0.05) is 56.7 Å². The predicted molar refractivity (Wildman–Crippen MR) is 76.5 cm³/mol. The highest BCUT2D eigenvalue weighted by molar-refractivity contribution is 6.30. The molecule has 18 heavy (non-hydrogen) atoms. The maximum absolute atomic E-state index is 12.9. The first-order valence-corrected chi connectivity index (χ1v) is 7.26. The van der Waals surface area contributed by atoms with Gasteiger partial charge in [-0.25, -0.2) is 4.39 Å². The summed E-state index contributed by atoms with van der Waals surface area (Å²) in [6.45, 7) is 4.01. The quantitative estimate of drug-likeness (QED) is 0.628. The minimum absolute atomic E-state index is 0.203. The summed E-state index contributed by atoms with van der Waals surface area (Å²) < 4.78 is 12.9. The summed E-state index contributed by atoms with van der Waals surface area (Å²) in [6.07, 6.45) is 7.82. The second-order valence-electron chi connectivity index (χ2n) is 4.69. The zero-order valence-electron chi connectivity index (χ0n) is 11.1. The van der Waals surface area contributed by atoms with E-state index >= 15 is 0 Å². The Bertz CT molecular complexity index is 341. The monoisotopic (exact) mass is 271 g/mol. The van der Waals surface area contributed by atoms with Crippen molar-refractivity contribution in [2.75, 3.05) is 6.54 Å². The first kappa shape index (κ1) is 15.5. The molecule has 0 saturated heterocycles. The maximum Gasteiger partial charge on any atom is 0.141 e. The Morgan fingerprint density at radius 3 is 2.56 bits per heavy atom. The SMILES string of the molecule is CCCCCCCCNCc1ccc(F)c(Cl)c1. The summed E-state index contributed by atoms with van der Waals surface area (Å²) in [5.74, 6) is -0.351. The van der Waals surface area contributed by atoms with Crippen LogP contribution in [0.15, 0.2) is 18.2 Å². The summed E-state index contributed by atoms with van der Waals surface area (Å²) >= 11 is 5.72. The number of hydrogen-bond acceptors (Lipinski definition) is 1. The molecule has 0 bridgehead atoms. The molecular formula is C15H23ClFN. The number of benzene rings is 1. The Morgan fingerprint density at radius 2 is 1.83 bits per heavy atom. The molecule has 1 N–H and O–H groups in total. The molecule has 0 aliphatic carbocycles. The van der Waals surface area contributed by atoms with Crippen LogP contribution in [0.1, 0.15) is 51.0 Å². The molecule has 0 aromatic heterocycles. The van der Waals surface area contributed by atoms with Gasteiger partial charge in [0, 0.05) is 6.54 Å². The molecule has 1 nitrogen and oxygen atoms in total. The fourth-order valence-corrected chi connectivity index (χ4v) is 2.12. The molecule has 0 spiro atoms. The van der Waals surface area contributed by atoms with Gasteiger partial charge < -0.3 is 5.32 Å². The third kappa shape index (κ3) is 6.36. The molecule has 0 fully saturated rings. The Kier molecular flexibility index (Phi) is 8.03. The van der Waals surface area contributed by atoms with Crippen LogP contribution in [-0.2, 0) is 6.54 Å². The van der Waals surface area contributed by atoms with Crippen LogP contribution >= 0.6 is 11.6 Å². The normalized spacial score (nSPS) is 10.8. The van der Waals surface area contributed by atoms with Crippen molar-refractivity contribution in [2.45, 2.75) is 52.0 Å². The van der Waals surface area contributed by atoms with E-state index in [1.807, 2.05) is 0 Å². The Hall–Kier alpha value is -0.600. The second-order valence-corrected chi connectivity index (χ2v) is 5.10. The standard InChI is InChI=1S/C15H23ClFN/c1-2-3-4-5-6-7-10-18-12-13-8-9-15(17)14(16)11-13/h8-9,11,18H,2-7,10,12H2,1H3. The van der Waals surface area contributed by atoms with Crippen molar-refractivity contribution in [1.29, 1.82) is 0 Å². The van der Waals surface area contributed by atoms with Crippen LogP contribution in [0.3, 0.4) is 0 Å². The largest absolute Gasteiger partial charge is 0.313 e. The lowest BCUT2D eigenvalue weighted by Gasteiger charge is -2.05. The summed E-state index contributed by atoms with van der Waals surface area (Å²) in [5.41, 5.74) is 1.03. The van der Waals surface area contributed by atoms with Crippen LogP contribution in [0.5, 0.6) is 0 Å².